The number of β-amino-alcohol motifs (C(OH)–C–C–N with tert-alkyl or cyclic N) is 1. The topological polar surface area (TPSA) is 87.6 Å². The molecule has 0 aliphatic carbocycles. The van der Waals surface area contributed by atoms with Gasteiger partial charge in [0.05, 0.1) is 34.1 Å². The number of hydrogen-bond donors (Lipinski definition) is 1. The van der Waals surface area contributed by atoms with Crippen LogP contribution in [0.25, 0.3) is 10.4 Å². The number of hydrogen-bond acceptors (Lipinski definition) is 7. The lowest BCUT2D eigenvalue weighted by atomic mass is 9.88. The van der Waals surface area contributed by atoms with Crippen molar-refractivity contribution < 1.29 is 19.5 Å². The van der Waals surface area contributed by atoms with Gasteiger partial charge in [0, 0.05) is 30.6 Å². The van der Waals surface area contributed by atoms with Gasteiger partial charge in [-0.1, -0.05) is 38.1 Å². The van der Waals surface area contributed by atoms with E-state index in [2.05, 4.69) is 31.0 Å². The summed E-state index contributed by atoms with van der Waals surface area (Å²) >= 11 is 3.27. The third-order valence-corrected chi connectivity index (χ3v) is 9.06. The van der Waals surface area contributed by atoms with Crippen molar-refractivity contribution in [2.24, 2.45) is 5.92 Å². The maximum Gasteiger partial charge on any atom is 0.228 e. The highest BCUT2D eigenvalue weighted by Crippen LogP contribution is 2.39. The molecule has 3 rings (SSSR count). The van der Waals surface area contributed by atoms with Crippen LogP contribution >= 0.6 is 23.1 Å². The van der Waals surface area contributed by atoms with Gasteiger partial charge in [-0.2, -0.15) is 11.8 Å². The summed E-state index contributed by atoms with van der Waals surface area (Å²) in [5.41, 5.74) is 5.00. The highest BCUT2D eigenvalue weighted by Gasteiger charge is 2.45. The van der Waals surface area contributed by atoms with Crippen LogP contribution < -0.4 is 0 Å². The van der Waals surface area contributed by atoms with Gasteiger partial charge in [0.2, 0.25) is 5.91 Å². The summed E-state index contributed by atoms with van der Waals surface area (Å²) in [6.07, 6.45) is 0.509. The fourth-order valence-electron chi connectivity index (χ4n) is 5.01. The number of aryl methyl sites for hydroxylation is 2. The number of carbonyl (C=O) groups excluding carboxylic acids is 3. The number of thioether (sulfide) groups is 1. The van der Waals surface area contributed by atoms with Gasteiger partial charge in [-0.3, -0.25) is 9.59 Å². The number of aromatic nitrogens is 1. The Balaban J connectivity index is 1.70. The monoisotopic (exact) mass is 530 g/mol. The predicted molar refractivity (Wildman–Crippen MR) is 147 cm³/mol. The van der Waals surface area contributed by atoms with Crippen molar-refractivity contribution in [2.75, 3.05) is 6.54 Å². The van der Waals surface area contributed by atoms with Crippen LogP contribution in [-0.4, -0.2) is 61.2 Å². The number of likely N-dealkylation sites (tertiary alicyclic amines) is 1. The molecule has 1 aliphatic heterocycles. The fourth-order valence-corrected chi connectivity index (χ4v) is 7.38. The summed E-state index contributed by atoms with van der Waals surface area (Å²) in [5, 5.41) is 10.7. The number of benzene rings is 1. The zero-order chi connectivity index (χ0) is 26.6. The first-order valence-corrected chi connectivity index (χ1v) is 14.3. The van der Waals surface area contributed by atoms with Crippen molar-refractivity contribution in [2.45, 2.75) is 89.4 Å². The Labute approximate surface area is 222 Å². The molecule has 1 N–H and O–H groups in total. The first kappa shape index (κ1) is 28.5. The minimum absolute atomic E-state index is 0.0434. The minimum Gasteiger partial charge on any atom is -0.391 e. The van der Waals surface area contributed by atoms with Crippen molar-refractivity contribution in [1.82, 2.24) is 9.88 Å². The van der Waals surface area contributed by atoms with Crippen LogP contribution in [0.1, 0.15) is 65.1 Å². The van der Waals surface area contributed by atoms with Crippen LogP contribution in [0.4, 0.5) is 0 Å². The van der Waals surface area contributed by atoms with E-state index in [4.69, 9.17) is 0 Å². The standard InChI is InChI=1S/C28H38N2O4S2/c1-17(2)36-28(5,6)23(13-18(3)31)27(34)30-15-22(32)14-24(30)25(33)12-9-20-7-10-21(11-8-20)26-19(4)29-16-35-26/h7-8,10-11,16-17,22-24,32H,9,12-15H2,1-6H3/t22-,23-,24+/m1/s1. The molecule has 196 valence electrons. The highest BCUT2D eigenvalue weighted by atomic mass is 32.2. The third-order valence-electron chi connectivity index (χ3n) is 6.72. The Morgan fingerprint density at radius 1 is 1.22 bits per heavy atom. The van der Waals surface area contributed by atoms with Crippen LogP contribution in [0.3, 0.4) is 0 Å². The van der Waals surface area contributed by atoms with Crippen LogP contribution in [0, 0.1) is 12.8 Å². The second-order valence-electron chi connectivity index (χ2n) is 10.6. The number of rotatable bonds is 11. The number of ketones is 2. The third kappa shape index (κ3) is 7.05. The maximum absolute atomic E-state index is 13.7. The number of Topliss-reactive ketones (excluding diaryl/α,β-unsaturated/α-hetero) is 2. The van der Waals surface area contributed by atoms with E-state index < -0.39 is 22.8 Å². The summed E-state index contributed by atoms with van der Waals surface area (Å²) < 4.78 is -0.476. The zero-order valence-electron chi connectivity index (χ0n) is 22.1. The second kappa shape index (κ2) is 12.0. The van der Waals surface area contributed by atoms with E-state index in [9.17, 15) is 19.5 Å². The molecule has 1 aromatic heterocycles. The van der Waals surface area contributed by atoms with Gasteiger partial charge in [0.1, 0.15) is 5.78 Å². The lowest BCUT2D eigenvalue weighted by Gasteiger charge is -2.37. The SMILES string of the molecule is CC(=O)C[C@H](C(=O)N1C[C@H](O)C[C@H]1C(=O)CCc1ccc(-c2scnc2C)cc1)C(C)(C)SC(C)C. The Bertz CT molecular complexity index is 1080. The van der Waals surface area contributed by atoms with Gasteiger partial charge < -0.3 is 14.8 Å². The van der Waals surface area contributed by atoms with Gasteiger partial charge in [-0.25, -0.2) is 4.98 Å². The molecule has 36 heavy (non-hydrogen) atoms. The maximum atomic E-state index is 13.7. The van der Waals surface area contributed by atoms with E-state index in [-0.39, 0.29) is 42.1 Å². The highest BCUT2D eigenvalue weighted by molar-refractivity contribution is 8.01. The average Bonchev–Trinajstić information content (AvgIpc) is 3.40. The first-order valence-electron chi connectivity index (χ1n) is 12.6. The smallest absolute Gasteiger partial charge is 0.228 e. The van der Waals surface area contributed by atoms with Gasteiger partial charge >= 0.3 is 0 Å². The lowest BCUT2D eigenvalue weighted by molar-refractivity contribution is -0.143. The van der Waals surface area contributed by atoms with Gasteiger partial charge in [-0.05, 0) is 50.5 Å². The molecular formula is C28H38N2O4S2. The summed E-state index contributed by atoms with van der Waals surface area (Å²) in [7, 11) is 0. The van der Waals surface area contributed by atoms with E-state index in [0.29, 0.717) is 12.8 Å². The second-order valence-corrected chi connectivity index (χ2v) is 13.6. The molecule has 2 heterocycles. The molecule has 8 heteroatoms. The Morgan fingerprint density at radius 3 is 2.44 bits per heavy atom. The zero-order valence-corrected chi connectivity index (χ0v) is 23.7. The molecule has 1 aromatic carbocycles. The molecule has 0 spiro atoms. The van der Waals surface area contributed by atoms with E-state index in [1.807, 2.05) is 38.4 Å². The Kier molecular flexibility index (Phi) is 9.52. The fraction of sp³-hybridized carbons (Fsp3) is 0.571. The van der Waals surface area contributed by atoms with Crippen LogP contribution in [0.15, 0.2) is 29.8 Å². The molecule has 0 radical (unpaired) electrons. The van der Waals surface area contributed by atoms with Gasteiger partial charge in [0.25, 0.3) is 0 Å². The molecule has 1 amide bonds. The van der Waals surface area contributed by atoms with Crippen molar-refractivity contribution in [1.29, 1.82) is 0 Å². The molecular weight excluding hydrogens is 492 g/mol. The summed E-state index contributed by atoms with van der Waals surface area (Å²) in [5.74, 6) is -0.850. The van der Waals surface area contributed by atoms with E-state index in [1.54, 1.807) is 28.0 Å². The van der Waals surface area contributed by atoms with Crippen molar-refractivity contribution >= 4 is 40.6 Å². The number of nitrogens with zero attached hydrogens (tertiary/aromatic N) is 2. The van der Waals surface area contributed by atoms with Crippen LogP contribution in [0.5, 0.6) is 0 Å². The molecule has 6 nitrogen and oxygen atoms in total. The van der Waals surface area contributed by atoms with Crippen molar-refractivity contribution in [3.63, 3.8) is 0 Å². The van der Waals surface area contributed by atoms with Gasteiger partial charge in [0.15, 0.2) is 5.78 Å². The van der Waals surface area contributed by atoms with E-state index in [0.717, 1.165) is 21.7 Å². The van der Waals surface area contributed by atoms with E-state index in [1.165, 1.54) is 6.92 Å². The Hall–Kier alpha value is -2.03. The summed E-state index contributed by atoms with van der Waals surface area (Å²) in [4.78, 5) is 46.0. The first-order chi connectivity index (χ1) is 16.9. The predicted octanol–water partition coefficient (Wildman–Crippen LogP) is 5.10. The van der Waals surface area contributed by atoms with Gasteiger partial charge in [-0.15, -0.1) is 11.3 Å². The normalized spacial score (nSPS) is 19.1. The van der Waals surface area contributed by atoms with Crippen molar-refractivity contribution in [3.05, 3.63) is 41.0 Å². The lowest BCUT2D eigenvalue weighted by Crippen LogP contribution is -2.49. The van der Waals surface area contributed by atoms with Crippen LogP contribution in [0.2, 0.25) is 0 Å². The quantitative estimate of drug-likeness (QED) is 0.435. The van der Waals surface area contributed by atoms with Crippen molar-refractivity contribution in [3.8, 4) is 10.4 Å². The van der Waals surface area contributed by atoms with Crippen LogP contribution in [-0.2, 0) is 20.8 Å². The number of thiazole rings is 1. The summed E-state index contributed by atoms with van der Waals surface area (Å²) in [6.45, 7) is 11.7. The molecule has 0 bridgehead atoms. The number of aliphatic hydroxyl groups is 1. The molecule has 1 aliphatic rings. The number of carbonyl (C=O) groups is 3. The molecule has 1 fully saturated rings. The molecule has 0 unspecified atom stereocenters. The number of aliphatic hydroxyl groups excluding tert-OH is 1. The number of amides is 1. The largest absolute Gasteiger partial charge is 0.391 e. The average molecular weight is 531 g/mol. The molecule has 2 aromatic rings. The minimum atomic E-state index is -0.733. The molecule has 3 atom stereocenters. The molecule has 0 saturated carbocycles. The summed E-state index contributed by atoms with van der Waals surface area (Å²) in [6, 6.07) is 7.51. The molecule has 1 saturated heterocycles. The van der Waals surface area contributed by atoms with E-state index >= 15 is 0 Å². The Morgan fingerprint density at radius 2 is 1.89 bits per heavy atom.